The van der Waals surface area contributed by atoms with Crippen molar-refractivity contribution in [3.05, 3.63) is 35.9 Å². The second-order valence-corrected chi connectivity index (χ2v) is 3.91. The van der Waals surface area contributed by atoms with E-state index in [1.54, 1.807) is 0 Å². The fourth-order valence-corrected chi connectivity index (χ4v) is 1.44. The van der Waals surface area contributed by atoms with Crippen molar-refractivity contribution in [1.29, 1.82) is 0 Å². The van der Waals surface area contributed by atoms with E-state index < -0.39 is 0 Å². The number of hydrogen-bond acceptors (Lipinski definition) is 2. The highest BCUT2D eigenvalue weighted by Crippen LogP contribution is 1.98. The van der Waals surface area contributed by atoms with Crippen molar-refractivity contribution in [3.8, 4) is 0 Å². The fraction of sp³-hybridized carbons (Fsp3) is 0.385. The number of hydrogen-bond donors (Lipinski definition) is 3. The monoisotopic (exact) mass is 248 g/mol. The van der Waals surface area contributed by atoms with Crippen LogP contribution < -0.4 is 16.4 Å². The molecule has 18 heavy (non-hydrogen) atoms. The Hall–Kier alpha value is -2.04. The lowest BCUT2D eigenvalue weighted by Crippen LogP contribution is -2.38. The Morgan fingerprint density at radius 3 is 2.56 bits per heavy atom. The van der Waals surface area contributed by atoms with Crippen molar-refractivity contribution in [2.45, 2.75) is 13.3 Å². The van der Waals surface area contributed by atoms with Gasteiger partial charge in [0.2, 0.25) is 5.91 Å². The molecular formula is C13H20N4O. The van der Waals surface area contributed by atoms with E-state index in [0.717, 1.165) is 6.42 Å². The van der Waals surface area contributed by atoms with E-state index in [1.165, 1.54) is 12.5 Å². The van der Waals surface area contributed by atoms with Crippen molar-refractivity contribution in [3.63, 3.8) is 0 Å². The van der Waals surface area contributed by atoms with Gasteiger partial charge in [-0.25, -0.2) is 0 Å². The Balaban J connectivity index is 2.16. The van der Waals surface area contributed by atoms with Crippen LogP contribution in [-0.2, 0) is 11.2 Å². The molecule has 0 atom stereocenters. The minimum absolute atomic E-state index is 0.0450. The molecule has 0 aliphatic rings. The summed E-state index contributed by atoms with van der Waals surface area (Å²) in [6.45, 7) is 3.27. The van der Waals surface area contributed by atoms with Gasteiger partial charge in [0, 0.05) is 26.6 Å². The second kappa shape index (κ2) is 8.11. The van der Waals surface area contributed by atoms with Crippen LogP contribution in [-0.4, -0.2) is 31.5 Å². The quantitative estimate of drug-likeness (QED) is 0.384. The smallest absolute Gasteiger partial charge is 0.216 e. The van der Waals surface area contributed by atoms with E-state index in [1.807, 2.05) is 18.2 Å². The Labute approximate surface area is 107 Å². The third-order valence-electron chi connectivity index (χ3n) is 2.33. The van der Waals surface area contributed by atoms with E-state index in [9.17, 15) is 4.79 Å². The molecule has 0 bridgehead atoms. The van der Waals surface area contributed by atoms with Gasteiger partial charge in [0.25, 0.3) is 0 Å². The van der Waals surface area contributed by atoms with Gasteiger partial charge in [-0.15, -0.1) is 0 Å². The molecule has 0 unspecified atom stereocenters. The molecule has 0 aromatic heterocycles. The Morgan fingerprint density at radius 1 is 1.22 bits per heavy atom. The Bertz CT molecular complexity index is 389. The summed E-state index contributed by atoms with van der Waals surface area (Å²) in [7, 11) is 0. The molecular weight excluding hydrogens is 228 g/mol. The van der Waals surface area contributed by atoms with E-state index in [0.29, 0.717) is 25.6 Å². The number of aliphatic imine (C=N–C) groups is 1. The van der Waals surface area contributed by atoms with Gasteiger partial charge in [0.15, 0.2) is 5.96 Å². The zero-order valence-electron chi connectivity index (χ0n) is 10.6. The van der Waals surface area contributed by atoms with Crippen LogP contribution in [0.15, 0.2) is 35.3 Å². The molecule has 4 N–H and O–H groups in total. The first kappa shape index (κ1) is 14.0. The number of nitrogens with zero attached hydrogens (tertiary/aromatic N) is 1. The van der Waals surface area contributed by atoms with E-state index >= 15 is 0 Å². The maximum absolute atomic E-state index is 10.6. The van der Waals surface area contributed by atoms with Crippen molar-refractivity contribution in [2.24, 2.45) is 10.7 Å². The van der Waals surface area contributed by atoms with Gasteiger partial charge >= 0.3 is 0 Å². The molecule has 98 valence electrons. The molecule has 5 heteroatoms. The molecule has 1 amide bonds. The predicted molar refractivity (Wildman–Crippen MR) is 73.3 cm³/mol. The van der Waals surface area contributed by atoms with Gasteiger partial charge < -0.3 is 16.4 Å². The van der Waals surface area contributed by atoms with Gasteiger partial charge in [0.1, 0.15) is 0 Å². The fourth-order valence-electron chi connectivity index (χ4n) is 1.44. The first-order valence-corrected chi connectivity index (χ1v) is 6.00. The van der Waals surface area contributed by atoms with Gasteiger partial charge in [-0.2, -0.15) is 0 Å². The number of rotatable bonds is 6. The molecule has 0 fully saturated rings. The van der Waals surface area contributed by atoms with Crippen molar-refractivity contribution in [1.82, 2.24) is 10.6 Å². The summed E-state index contributed by atoms with van der Waals surface area (Å²) in [4.78, 5) is 14.8. The zero-order valence-corrected chi connectivity index (χ0v) is 10.6. The van der Waals surface area contributed by atoms with Gasteiger partial charge in [-0.3, -0.25) is 9.79 Å². The molecule has 1 aromatic rings. The Morgan fingerprint density at radius 2 is 1.89 bits per heavy atom. The normalized spacial score (nSPS) is 11.1. The number of carbonyl (C=O) groups is 1. The standard InChI is InChI=1S/C13H20N4O/c1-11(18)15-9-10-17-13(14)16-8-7-12-5-3-2-4-6-12/h2-6H,7-10H2,1H3,(H,15,18)(H3,14,16,17). The van der Waals surface area contributed by atoms with Gasteiger partial charge in [0.05, 0.1) is 0 Å². The van der Waals surface area contributed by atoms with Crippen LogP contribution in [0.5, 0.6) is 0 Å². The van der Waals surface area contributed by atoms with Crippen LogP contribution in [0.3, 0.4) is 0 Å². The molecule has 0 radical (unpaired) electrons. The van der Waals surface area contributed by atoms with Crippen LogP contribution in [0, 0.1) is 0 Å². The minimum atomic E-state index is -0.0450. The summed E-state index contributed by atoms with van der Waals surface area (Å²) in [5, 5.41) is 5.61. The maximum atomic E-state index is 10.6. The summed E-state index contributed by atoms with van der Waals surface area (Å²) in [5.41, 5.74) is 6.92. The largest absolute Gasteiger partial charge is 0.370 e. The topological polar surface area (TPSA) is 79.5 Å². The van der Waals surface area contributed by atoms with Crippen LogP contribution in [0.2, 0.25) is 0 Å². The molecule has 0 aliphatic heterocycles. The number of nitrogens with one attached hydrogen (secondary N) is 2. The van der Waals surface area contributed by atoms with Gasteiger partial charge in [-0.1, -0.05) is 30.3 Å². The summed E-state index contributed by atoms with van der Waals surface area (Å²) in [6, 6.07) is 10.1. The first-order chi connectivity index (χ1) is 8.68. The first-order valence-electron chi connectivity index (χ1n) is 6.00. The summed E-state index contributed by atoms with van der Waals surface area (Å²) >= 11 is 0. The van der Waals surface area contributed by atoms with E-state index in [-0.39, 0.29) is 5.91 Å². The number of nitrogens with two attached hydrogens (primary N) is 1. The predicted octanol–water partition coefficient (Wildman–Crippen LogP) is 0.270. The summed E-state index contributed by atoms with van der Waals surface area (Å²) < 4.78 is 0. The number of amides is 1. The zero-order chi connectivity index (χ0) is 13.2. The van der Waals surface area contributed by atoms with Crippen molar-refractivity contribution in [2.75, 3.05) is 19.6 Å². The SMILES string of the molecule is CC(=O)NCCNC(N)=NCCc1ccccc1. The lowest BCUT2D eigenvalue weighted by Gasteiger charge is -2.06. The lowest BCUT2D eigenvalue weighted by molar-refractivity contribution is -0.118. The average molecular weight is 248 g/mol. The van der Waals surface area contributed by atoms with E-state index in [2.05, 4.69) is 27.8 Å². The lowest BCUT2D eigenvalue weighted by atomic mass is 10.2. The van der Waals surface area contributed by atoms with Gasteiger partial charge in [-0.05, 0) is 12.0 Å². The Kier molecular flexibility index (Phi) is 6.32. The molecule has 0 saturated heterocycles. The van der Waals surface area contributed by atoms with E-state index in [4.69, 9.17) is 5.73 Å². The van der Waals surface area contributed by atoms with Crippen LogP contribution in [0.4, 0.5) is 0 Å². The second-order valence-electron chi connectivity index (χ2n) is 3.91. The molecule has 0 saturated carbocycles. The number of carbonyl (C=O) groups excluding carboxylic acids is 1. The average Bonchev–Trinajstić information content (AvgIpc) is 2.36. The summed E-state index contributed by atoms with van der Waals surface area (Å²) in [6.07, 6.45) is 0.870. The number of benzene rings is 1. The minimum Gasteiger partial charge on any atom is -0.370 e. The van der Waals surface area contributed by atoms with Crippen molar-refractivity contribution >= 4 is 11.9 Å². The highest BCUT2D eigenvalue weighted by molar-refractivity contribution is 5.78. The molecule has 1 aromatic carbocycles. The molecule has 0 aliphatic carbocycles. The highest BCUT2D eigenvalue weighted by atomic mass is 16.1. The van der Waals surface area contributed by atoms with Crippen LogP contribution in [0.25, 0.3) is 0 Å². The third-order valence-corrected chi connectivity index (χ3v) is 2.33. The van der Waals surface area contributed by atoms with Crippen LogP contribution >= 0.6 is 0 Å². The van der Waals surface area contributed by atoms with Crippen LogP contribution in [0.1, 0.15) is 12.5 Å². The molecule has 0 spiro atoms. The molecule has 5 nitrogen and oxygen atoms in total. The van der Waals surface area contributed by atoms with Crippen molar-refractivity contribution < 1.29 is 4.79 Å². The number of guanidine groups is 1. The maximum Gasteiger partial charge on any atom is 0.216 e. The third kappa shape index (κ3) is 6.52. The highest BCUT2D eigenvalue weighted by Gasteiger charge is 1.94. The molecule has 0 heterocycles. The molecule has 1 rings (SSSR count). The summed E-state index contributed by atoms with van der Waals surface area (Å²) in [5.74, 6) is 0.368.